The molecular weight excluding hydrogens is 236 g/mol. The molecule has 1 N–H and O–H groups in total. The van der Waals surface area contributed by atoms with Gasteiger partial charge in [0.05, 0.1) is 6.10 Å². The first-order valence-corrected chi connectivity index (χ1v) is 8.56. The molecular formula is C17H40O2. The topological polar surface area (TPSA) is 29.5 Å². The van der Waals surface area contributed by atoms with Gasteiger partial charge in [-0.3, -0.25) is 5.26 Å². The van der Waals surface area contributed by atoms with Crippen molar-refractivity contribution in [2.75, 3.05) is 0 Å². The maximum Gasteiger partial charge on any atom is 0.0927 e. The Balaban J connectivity index is -0.000000203. The number of hydrogen-bond acceptors (Lipinski definition) is 2. The average Bonchev–Trinajstić information content (AvgIpc) is 2.52. The van der Waals surface area contributed by atoms with Gasteiger partial charge in [-0.05, 0) is 12.8 Å². The van der Waals surface area contributed by atoms with Crippen molar-refractivity contribution < 1.29 is 10.1 Å². The SMILES string of the molecule is CC.CCCC.CCCCC.OOC1CCCCC1. The van der Waals surface area contributed by atoms with Crippen LogP contribution in [-0.4, -0.2) is 11.4 Å². The van der Waals surface area contributed by atoms with Crippen LogP contribution in [0.25, 0.3) is 0 Å². The third-order valence-corrected chi connectivity index (χ3v) is 2.91. The summed E-state index contributed by atoms with van der Waals surface area (Å²) in [6.07, 6.45) is 12.7. The molecule has 0 unspecified atom stereocenters. The molecule has 1 aliphatic carbocycles. The van der Waals surface area contributed by atoms with Gasteiger partial charge in [0.15, 0.2) is 0 Å². The van der Waals surface area contributed by atoms with E-state index in [9.17, 15) is 0 Å². The zero-order valence-corrected chi connectivity index (χ0v) is 14.5. The van der Waals surface area contributed by atoms with Crippen LogP contribution < -0.4 is 0 Å². The predicted octanol–water partition coefficient (Wildman–Crippen LogP) is 6.84. The molecule has 1 aliphatic rings. The summed E-state index contributed by atoms with van der Waals surface area (Å²) in [5, 5.41) is 8.19. The van der Waals surface area contributed by atoms with E-state index in [1.54, 1.807) is 0 Å². The van der Waals surface area contributed by atoms with Gasteiger partial charge in [-0.1, -0.05) is 92.9 Å². The Morgan fingerprint density at radius 1 is 0.789 bits per heavy atom. The zero-order chi connectivity index (χ0) is 15.4. The lowest BCUT2D eigenvalue weighted by Gasteiger charge is -2.17. The molecule has 0 heterocycles. The third kappa shape index (κ3) is 27.2. The molecule has 19 heavy (non-hydrogen) atoms. The molecule has 0 aromatic heterocycles. The van der Waals surface area contributed by atoms with Crippen molar-refractivity contribution in [3.63, 3.8) is 0 Å². The van der Waals surface area contributed by atoms with Crippen LogP contribution in [0, 0.1) is 0 Å². The van der Waals surface area contributed by atoms with Crippen LogP contribution in [0.2, 0.25) is 0 Å². The average molecular weight is 277 g/mol. The molecule has 0 spiro atoms. The van der Waals surface area contributed by atoms with Gasteiger partial charge in [0.25, 0.3) is 0 Å². The molecule has 0 saturated heterocycles. The predicted molar refractivity (Wildman–Crippen MR) is 87.7 cm³/mol. The van der Waals surface area contributed by atoms with Crippen LogP contribution in [0.3, 0.4) is 0 Å². The van der Waals surface area contributed by atoms with Gasteiger partial charge in [0.2, 0.25) is 0 Å². The number of unbranched alkanes of at least 4 members (excludes halogenated alkanes) is 3. The maximum absolute atomic E-state index is 8.19. The summed E-state index contributed by atoms with van der Waals surface area (Å²) < 4.78 is 0. The Bertz CT molecular complexity index is 106. The van der Waals surface area contributed by atoms with Gasteiger partial charge in [-0.2, -0.15) is 0 Å². The molecule has 0 aromatic carbocycles. The van der Waals surface area contributed by atoms with E-state index in [4.69, 9.17) is 5.26 Å². The smallest absolute Gasteiger partial charge is 0.0927 e. The standard InChI is InChI=1S/C6H12O2.C5H12.C4H10.C2H6/c7-8-6-4-2-1-3-5-6;1-3-5-4-2;1-3-4-2;1-2/h6-7H,1-5H2;3-5H2,1-2H3;3-4H2,1-2H3;1-2H3. The highest BCUT2D eigenvalue weighted by molar-refractivity contribution is 4.62. The first-order valence-electron chi connectivity index (χ1n) is 8.56. The maximum atomic E-state index is 8.19. The molecule has 0 aromatic rings. The highest BCUT2D eigenvalue weighted by Crippen LogP contribution is 2.18. The molecule has 0 radical (unpaired) electrons. The highest BCUT2D eigenvalue weighted by atomic mass is 17.1. The Morgan fingerprint density at radius 2 is 1.21 bits per heavy atom. The van der Waals surface area contributed by atoms with Crippen LogP contribution >= 0.6 is 0 Å². The van der Waals surface area contributed by atoms with Crippen molar-refractivity contribution in [2.45, 2.75) is 112 Å². The van der Waals surface area contributed by atoms with Gasteiger partial charge in [0.1, 0.15) is 0 Å². The molecule has 2 heteroatoms. The van der Waals surface area contributed by atoms with Crippen LogP contribution in [0.5, 0.6) is 0 Å². The second kappa shape index (κ2) is 26.5. The minimum atomic E-state index is 0.142. The van der Waals surface area contributed by atoms with Crippen LogP contribution in [0.1, 0.15) is 106 Å². The van der Waals surface area contributed by atoms with Gasteiger partial charge >= 0.3 is 0 Å². The van der Waals surface area contributed by atoms with Gasteiger partial charge in [-0.15, -0.1) is 0 Å². The number of hydrogen-bond donors (Lipinski definition) is 1. The summed E-state index contributed by atoms with van der Waals surface area (Å²) in [7, 11) is 0. The fourth-order valence-electron chi connectivity index (χ4n) is 1.52. The fourth-order valence-corrected chi connectivity index (χ4v) is 1.52. The van der Waals surface area contributed by atoms with E-state index in [1.165, 1.54) is 51.4 Å². The molecule has 1 saturated carbocycles. The van der Waals surface area contributed by atoms with Gasteiger partial charge in [0, 0.05) is 0 Å². The highest BCUT2D eigenvalue weighted by Gasteiger charge is 2.12. The summed E-state index contributed by atoms with van der Waals surface area (Å²) >= 11 is 0. The zero-order valence-electron chi connectivity index (χ0n) is 14.5. The van der Waals surface area contributed by atoms with Crippen LogP contribution in [0.15, 0.2) is 0 Å². The van der Waals surface area contributed by atoms with Crippen molar-refractivity contribution in [2.24, 2.45) is 0 Å². The molecule has 0 atom stereocenters. The molecule has 0 amide bonds. The first-order chi connectivity index (χ1) is 9.26. The van der Waals surface area contributed by atoms with E-state index in [0.717, 1.165) is 12.8 Å². The normalized spacial score (nSPS) is 14.1. The second-order valence-corrected chi connectivity index (χ2v) is 4.72. The van der Waals surface area contributed by atoms with E-state index in [0.29, 0.717) is 0 Å². The molecule has 1 rings (SSSR count). The summed E-state index contributed by atoms with van der Waals surface area (Å²) in [5.41, 5.74) is 0. The second-order valence-electron chi connectivity index (χ2n) is 4.72. The van der Waals surface area contributed by atoms with Crippen molar-refractivity contribution >= 4 is 0 Å². The monoisotopic (exact) mass is 276 g/mol. The largest absolute Gasteiger partial charge is 0.252 e. The fraction of sp³-hybridized carbons (Fsp3) is 1.00. The Labute approximate surface area is 122 Å². The van der Waals surface area contributed by atoms with E-state index < -0.39 is 0 Å². The van der Waals surface area contributed by atoms with E-state index >= 15 is 0 Å². The Morgan fingerprint density at radius 3 is 1.37 bits per heavy atom. The van der Waals surface area contributed by atoms with E-state index in [2.05, 4.69) is 32.6 Å². The summed E-state index contributed by atoms with van der Waals surface area (Å²) in [5.74, 6) is 0. The molecule has 0 aliphatic heterocycles. The van der Waals surface area contributed by atoms with Gasteiger partial charge in [-0.25, -0.2) is 4.89 Å². The molecule has 2 nitrogen and oxygen atoms in total. The van der Waals surface area contributed by atoms with Crippen molar-refractivity contribution in [3.8, 4) is 0 Å². The minimum Gasteiger partial charge on any atom is -0.252 e. The molecule has 0 bridgehead atoms. The quantitative estimate of drug-likeness (QED) is 0.450. The van der Waals surface area contributed by atoms with Crippen molar-refractivity contribution in [1.82, 2.24) is 0 Å². The lowest BCUT2D eigenvalue weighted by atomic mass is 9.98. The Kier molecular flexibility index (Phi) is 33.4. The van der Waals surface area contributed by atoms with Crippen molar-refractivity contribution in [3.05, 3.63) is 0 Å². The summed E-state index contributed by atoms with van der Waals surface area (Å²) in [4.78, 5) is 4.19. The summed E-state index contributed by atoms with van der Waals surface area (Å²) in [6.45, 7) is 12.8. The van der Waals surface area contributed by atoms with Gasteiger partial charge < -0.3 is 0 Å². The lowest BCUT2D eigenvalue weighted by Crippen LogP contribution is -2.14. The Hall–Kier alpha value is -0.0800. The molecule has 1 fully saturated rings. The van der Waals surface area contributed by atoms with Crippen LogP contribution in [-0.2, 0) is 4.89 Å². The first kappa shape index (κ1) is 24.0. The van der Waals surface area contributed by atoms with E-state index in [1.807, 2.05) is 13.8 Å². The minimum absolute atomic E-state index is 0.142. The van der Waals surface area contributed by atoms with Crippen LogP contribution in [0.4, 0.5) is 0 Å². The summed E-state index contributed by atoms with van der Waals surface area (Å²) in [6, 6.07) is 0. The molecule has 120 valence electrons. The third-order valence-electron chi connectivity index (χ3n) is 2.91. The lowest BCUT2D eigenvalue weighted by molar-refractivity contribution is -0.283. The van der Waals surface area contributed by atoms with Crippen molar-refractivity contribution in [1.29, 1.82) is 0 Å². The number of rotatable bonds is 4. The van der Waals surface area contributed by atoms with E-state index in [-0.39, 0.29) is 6.10 Å².